The van der Waals surface area contributed by atoms with Crippen LogP contribution in [0.4, 0.5) is 5.69 Å². The molecule has 1 unspecified atom stereocenters. The fraction of sp³-hybridized carbons (Fsp3) is 0.394. The molecule has 3 aromatic carbocycles. The van der Waals surface area contributed by atoms with Crippen molar-refractivity contribution >= 4 is 27.5 Å². The molecule has 0 radical (unpaired) electrons. The summed E-state index contributed by atoms with van der Waals surface area (Å²) in [6.45, 7) is 12.2. The number of nitrogens with one attached hydrogen (secondary N) is 1. The lowest BCUT2D eigenvalue weighted by Gasteiger charge is -2.33. The minimum atomic E-state index is -4.15. The molecule has 0 fully saturated rings. The molecule has 3 rings (SSSR count). The lowest BCUT2D eigenvalue weighted by Crippen LogP contribution is -2.52. The van der Waals surface area contributed by atoms with Crippen molar-refractivity contribution in [1.82, 2.24) is 10.2 Å². The number of sulfonamides is 1. The Morgan fingerprint density at radius 3 is 2.12 bits per heavy atom. The lowest BCUT2D eigenvalue weighted by molar-refractivity contribution is -0.140. The monoisotopic (exact) mass is 593 g/mol. The summed E-state index contributed by atoms with van der Waals surface area (Å²) >= 11 is 0. The van der Waals surface area contributed by atoms with E-state index in [1.165, 1.54) is 17.0 Å². The summed E-state index contributed by atoms with van der Waals surface area (Å²) in [5, 5.41) is 2.96. The molecule has 9 heteroatoms. The quantitative estimate of drug-likeness (QED) is 0.267. The number of hydrogen-bond donors (Lipinski definition) is 1. The van der Waals surface area contributed by atoms with Gasteiger partial charge in [0.05, 0.1) is 17.2 Å². The number of anilines is 1. The van der Waals surface area contributed by atoms with E-state index in [9.17, 15) is 18.0 Å². The number of aryl methyl sites for hydroxylation is 2. The van der Waals surface area contributed by atoms with Gasteiger partial charge < -0.3 is 15.0 Å². The smallest absolute Gasteiger partial charge is 0.264 e. The topological polar surface area (TPSA) is 96.0 Å². The molecule has 8 nitrogen and oxygen atoms in total. The summed E-state index contributed by atoms with van der Waals surface area (Å²) in [6, 6.07) is 20.0. The van der Waals surface area contributed by atoms with Gasteiger partial charge in [0.1, 0.15) is 18.3 Å². The molecule has 1 atom stereocenters. The minimum absolute atomic E-state index is 0.0338. The largest absolute Gasteiger partial charge is 0.494 e. The van der Waals surface area contributed by atoms with E-state index < -0.39 is 28.5 Å². The molecule has 0 aliphatic heterocycles. The van der Waals surface area contributed by atoms with Crippen molar-refractivity contribution < 1.29 is 22.7 Å². The van der Waals surface area contributed by atoms with E-state index in [1.807, 2.05) is 65.8 Å². The zero-order chi connectivity index (χ0) is 30.9. The van der Waals surface area contributed by atoms with Gasteiger partial charge in [0.2, 0.25) is 11.8 Å². The van der Waals surface area contributed by atoms with Crippen LogP contribution in [0.25, 0.3) is 0 Å². The van der Waals surface area contributed by atoms with Gasteiger partial charge >= 0.3 is 0 Å². The number of ether oxygens (including phenoxy) is 1. The fourth-order valence-corrected chi connectivity index (χ4v) is 5.97. The van der Waals surface area contributed by atoms with Crippen LogP contribution in [-0.4, -0.2) is 50.9 Å². The molecule has 42 heavy (non-hydrogen) atoms. The molecule has 0 aliphatic carbocycles. The average Bonchev–Trinajstić information content (AvgIpc) is 2.96. The summed E-state index contributed by atoms with van der Waals surface area (Å²) in [7, 11) is -4.15. The Balaban J connectivity index is 2.04. The Morgan fingerprint density at radius 2 is 1.55 bits per heavy atom. The van der Waals surface area contributed by atoms with E-state index >= 15 is 0 Å². The third-order valence-corrected chi connectivity index (χ3v) is 8.78. The number of carbonyl (C=O) groups excluding carboxylic acids is 2. The van der Waals surface area contributed by atoms with Crippen LogP contribution in [0.1, 0.15) is 50.8 Å². The highest BCUT2D eigenvalue weighted by Crippen LogP contribution is 2.27. The molecule has 226 valence electrons. The lowest BCUT2D eigenvalue weighted by atomic mass is 10.1. The van der Waals surface area contributed by atoms with E-state index in [0.717, 1.165) is 21.0 Å². The van der Waals surface area contributed by atoms with Crippen LogP contribution in [0.15, 0.2) is 77.7 Å². The summed E-state index contributed by atoms with van der Waals surface area (Å²) in [6.07, 6.45) is 0.373. The molecular formula is C33H43N3O5S. The van der Waals surface area contributed by atoms with E-state index in [0.29, 0.717) is 31.0 Å². The highest BCUT2D eigenvalue weighted by Gasteiger charge is 2.34. The van der Waals surface area contributed by atoms with Crippen molar-refractivity contribution in [1.29, 1.82) is 0 Å². The van der Waals surface area contributed by atoms with E-state index in [2.05, 4.69) is 5.32 Å². The fourth-order valence-electron chi connectivity index (χ4n) is 4.55. The van der Waals surface area contributed by atoms with Gasteiger partial charge in [0, 0.05) is 13.1 Å². The Bertz CT molecular complexity index is 1440. The Labute approximate surface area is 250 Å². The van der Waals surface area contributed by atoms with Crippen molar-refractivity contribution in [3.05, 3.63) is 89.5 Å². The van der Waals surface area contributed by atoms with E-state index in [4.69, 9.17) is 4.74 Å². The summed E-state index contributed by atoms with van der Waals surface area (Å²) in [5.41, 5.74) is 3.18. The second kappa shape index (κ2) is 14.9. The molecule has 2 amide bonds. The van der Waals surface area contributed by atoms with E-state index in [1.54, 1.807) is 36.4 Å². The first kappa shape index (κ1) is 32.7. The number of rotatable bonds is 14. The predicted octanol–water partition coefficient (Wildman–Crippen LogP) is 5.48. The number of amides is 2. The molecule has 0 aromatic heterocycles. The molecule has 0 aliphatic rings. The summed E-state index contributed by atoms with van der Waals surface area (Å²) in [5.74, 6) is 0.0598. The summed E-state index contributed by atoms with van der Waals surface area (Å²) < 4.78 is 34.7. The van der Waals surface area contributed by atoms with Crippen molar-refractivity contribution in [3.8, 4) is 5.75 Å². The molecule has 0 saturated heterocycles. The van der Waals surface area contributed by atoms with Gasteiger partial charge in [-0.15, -0.1) is 0 Å². The predicted molar refractivity (Wildman–Crippen MR) is 167 cm³/mol. The Morgan fingerprint density at radius 1 is 0.905 bits per heavy atom. The van der Waals surface area contributed by atoms with Crippen LogP contribution >= 0.6 is 0 Å². The maximum atomic E-state index is 14.2. The first-order valence-electron chi connectivity index (χ1n) is 14.4. The maximum Gasteiger partial charge on any atom is 0.264 e. The number of benzene rings is 3. The molecule has 0 spiro atoms. The van der Waals surface area contributed by atoms with Gasteiger partial charge in [-0.1, -0.05) is 62.7 Å². The first-order valence-corrected chi connectivity index (χ1v) is 15.9. The maximum absolute atomic E-state index is 14.2. The van der Waals surface area contributed by atoms with Gasteiger partial charge in [0.15, 0.2) is 0 Å². The van der Waals surface area contributed by atoms with Gasteiger partial charge in [-0.2, -0.15) is 0 Å². The zero-order valence-electron chi connectivity index (χ0n) is 25.5. The van der Waals surface area contributed by atoms with Crippen LogP contribution in [0.2, 0.25) is 0 Å². The van der Waals surface area contributed by atoms with Crippen LogP contribution in [0.5, 0.6) is 5.75 Å². The van der Waals surface area contributed by atoms with Crippen LogP contribution in [0.3, 0.4) is 0 Å². The van der Waals surface area contributed by atoms with Gasteiger partial charge in [-0.05, 0) is 80.6 Å². The number of hydrogen-bond acceptors (Lipinski definition) is 5. The van der Waals surface area contributed by atoms with Crippen molar-refractivity contribution in [2.75, 3.05) is 24.0 Å². The van der Waals surface area contributed by atoms with Gasteiger partial charge in [-0.3, -0.25) is 13.9 Å². The molecule has 0 saturated carbocycles. The third kappa shape index (κ3) is 8.35. The second-order valence-electron chi connectivity index (χ2n) is 10.8. The average molecular weight is 594 g/mol. The zero-order valence-corrected chi connectivity index (χ0v) is 26.3. The van der Waals surface area contributed by atoms with Crippen molar-refractivity contribution in [2.45, 2.75) is 65.4 Å². The molecule has 1 N–H and O–H groups in total. The first-order chi connectivity index (χ1) is 20.0. The minimum Gasteiger partial charge on any atom is -0.494 e. The molecule has 0 heterocycles. The SMILES string of the molecule is CCOc1ccc(S(=O)(=O)N(CC(=O)N(Cc2ccccc2C)C(CC)C(=O)NCC(C)C)c2ccc(C)cc2)cc1. The van der Waals surface area contributed by atoms with Crippen LogP contribution < -0.4 is 14.4 Å². The molecule has 3 aromatic rings. The Kier molecular flexibility index (Phi) is 11.6. The second-order valence-corrected chi connectivity index (χ2v) is 12.6. The number of nitrogens with zero attached hydrogens (tertiary/aromatic N) is 2. The highest BCUT2D eigenvalue weighted by molar-refractivity contribution is 7.92. The van der Waals surface area contributed by atoms with Crippen molar-refractivity contribution in [2.24, 2.45) is 5.92 Å². The van der Waals surface area contributed by atoms with Crippen molar-refractivity contribution in [3.63, 3.8) is 0 Å². The van der Waals surface area contributed by atoms with Gasteiger partial charge in [0.25, 0.3) is 10.0 Å². The van der Waals surface area contributed by atoms with E-state index in [-0.39, 0.29) is 23.3 Å². The van der Waals surface area contributed by atoms with Crippen LogP contribution in [0, 0.1) is 19.8 Å². The standard InChI is InChI=1S/C33H43N3O5S/c1-7-31(33(38)34-21-24(3)4)35(22-27-12-10-9-11-26(27)6)32(37)23-36(28-15-13-25(5)14-16-28)42(39,40)30-19-17-29(18-20-30)41-8-2/h9-20,24,31H,7-8,21-23H2,1-6H3,(H,34,38). The summed E-state index contributed by atoms with van der Waals surface area (Å²) in [4.78, 5) is 29.1. The normalized spacial score (nSPS) is 12.1. The number of carbonyl (C=O) groups is 2. The Hall–Kier alpha value is -3.85. The highest BCUT2D eigenvalue weighted by atomic mass is 32.2. The van der Waals surface area contributed by atoms with Gasteiger partial charge in [-0.25, -0.2) is 8.42 Å². The molecular weight excluding hydrogens is 550 g/mol. The third-order valence-electron chi connectivity index (χ3n) is 7.00. The van der Waals surface area contributed by atoms with Crippen LogP contribution in [-0.2, 0) is 26.2 Å². The molecule has 0 bridgehead atoms.